The molecule has 0 heterocycles. The first-order valence-corrected chi connectivity index (χ1v) is 20.5. The van der Waals surface area contributed by atoms with E-state index in [2.05, 4.69) is 32.9 Å². The molecule has 1 unspecified atom stereocenters. The van der Waals surface area contributed by atoms with E-state index in [1.165, 1.54) is 199 Å². The highest BCUT2D eigenvalue weighted by Gasteiger charge is 2.03. The van der Waals surface area contributed by atoms with Gasteiger partial charge < -0.3 is 4.74 Å². The lowest BCUT2D eigenvalue weighted by atomic mass is 9.99. The van der Waals surface area contributed by atoms with Gasteiger partial charge in [-0.3, -0.25) is 4.79 Å². The molecule has 2 nitrogen and oxygen atoms in total. The third kappa shape index (κ3) is 37.4. The van der Waals surface area contributed by atoms with Gasteiger partial charge in [-0.05, 0) is 44.4 Å². The predicted molar refractivity (Wildman–Crippen MR) is 198 cm³/mol. The first kappa shape index (κ1) is 43.2. The van der Waals surface area contributed by atoms with Crippen LogP contribution in [0, 0.1) is 5.92 Å². The van der Waals surface area contributed by atoms with Crippen molar-refractivity contribution < 1.29 is 9.53 Å². The van der Waals surface area contributed by atoms with Crippen molar-refractivity contribution in [1.82, 2.24) is 0 Å². The quantitative estimate of drug-likeness (QED) is 0.0393. The average Bonchev–Trinajstić information content (AvgIpc) is 3.03. The highest BCUT2D eigenvalue weighted by molar-refractivity contribution is 5.69. The summed E-state index contributed by atoms with van der Waals surface area (Å²) < 4.78 is 5.46. The Morgan fingerprint density at radius 3 is 1.27 bits per heavy atom. The third-order valence-corrected chi connectivity index (χ3v) is 9.69. The highest BCUT2D eigenvalue weighted by atomic mass is 16.5. The van der Waals surface area contributed by atoms with E-state index in [4.69, 9.17) is 4.74 Å². The number of hydrogen-bond donors (Lipinski definition) is 0. The van der Waals surface area contributed by atoms with Crippen LogP contribution >= 0.6 is 0 Å². The summed E-state index contributed by atoms with van der Waals surface area (Å²) in [5.74, 6) is 0.951. The van der Waals surface area contributed by atoms with Crippen LogP contribution in [0.2, 0.25) is 0 Å². The number of carbonyl (C=O) groups is 1. The van der Waals surface area contributed by atoms with Gasteiger partial charge >= 0.3 is 5.97 Å². The van der Waals surface area contributed by atoms with Crippen LogP contribution in [0.1, 0.15) is 239 Å². The van der Waals surface area contributed by atoms with Crippen molar-refractivity contribution >= 4 is 5.97 Å². The maximum Gasteiger partial charge on any atom is 0.305 e. The standard InChI is InChI=1S/C42H82O2/c1-4-6-7-8-9-10-11-12-13-14-15-16-17-21-24-27-30-33-36-39-42(43)44-40-37-34-31-28-25-22-19-18-20-23-26-29-32-35-38-41(3)5-2/h12-13,41H,4-11,14-40H2,1-3H3. The van der Waals surface area contributed by atoms with Gasteiger partial charge in [0.15, 0.2) is 0 Å². The lowest BCUT2D eigenvalue weighted by Gasteiger charge is -2.07. The minimum atomic E-state index is 0.0251. The molecule has 0 aliphatic carbocycles. The van der Waals surface area contributed by atoms with Crippen molar-refractivity contribution in [3.63, 3.8) is 0 Å². The van der Waals surface area contributed by atoms with Crippen LogP contribution in [-0.4, -0.2) is 12.6 Å². The molecule has 0 aromatic carbocycles. The van der Waals surface area contributed by atoms with Crippen LogP contribution in [0.15, 0.2) is 12.2 Å². The topological polar surface area (TPSA) is 26.3 Å². The molecule has 0 amide bonds. The zero-order valence-corrected chi connectivity index (χ0v) is 30.8. The Balaban J connectivity index is 3.19. The largest absolute Gasteiger partial charge is 0.466 e. The molecule has 0 N–H and O–H groups in total. The molecule has 0 rings (SSSR count). The fourth-order valence-corrected chi connectivity index (χ4v) is 6.23. The molecule has 0 aliphatic heterocycles. The number of esters is 1. The maximum atomic E-state index is 12.0. The van der Waals surface area contributed by atoms with Gasteiger partial charge in [0.25, 0.3) is 0 Å². The smallest absolute Gasteiger partial charge is 0.305 e. The van der Waals surface area contributed by atoms with Crippen LogP contribution in [0.5, 0.6) is 0 Å². The van der Waals surface area contributed by atoms with Gasteiger partial charge in [-0.2, -0.15) is 0 Å². The summed E-state index contributed by atoms with van der Waals surface area (Å²) in [4.78, 5) is 12.0. The van der Waals surface area contributed by atoms with Crippen molar-refractivity contribution in [1.29, 1.82) is 0 Å². The molecule has 0 aromatic heterocycles. The van der Waals surface area contributed by atoms with Gasteiger partial charge in [0, 0.05) is 6.42 Å². The molecule has 0 aliphatic rings. The molecule has 0 spiro atoms. The molecule has 0 bridgehead atoms. The monoisotopic (exact) mass is 619 g/mol. The van der Waals surface area contributed by atoms with Crippen LogP contribution < -0.4 is 0 Å². The van der Waals surface area contributed by atoms with E-state index < -0.39 is 0 Å². The van der Waals surface area contributed by atoms with E-state index in [0.29, 0.717) is 13.0 Å². The minimum absolute atomic E-state index is 0.0251. The number of ether oxygens (including phenoxy) is 1. The molecule has 2 heteroatoms. The van der Waals surface area contributed by atoms with E-state index in [0.717, 1.165) is 18.8 Å². The predicted octanol–water partition coefficient (Wildman–Crippen LogP) is 15.0. The Kier molecular flexibility index (Phi) is 37.7. The second-order valence-corrected chi connectivity index (χ2v) is 14.2. The Bertz CT molecular complexity index is 568. The van der Waals surface area contributed by atoms with Crippen molar-refractivity contribution in [2.45, 2.75) is 239 Å². The van der Waals surface area contributed by atoms with Crippen molar-refractivity contribution in [2.24, 2.45) is 5.92 Å². The normalized spacial score (nSPS) is 12.3. The highest BCUT2D eigenvalue weighted by Crippen LogP contribution is 2.16. The maximum absolute atomic E-state index is 12.0. The SMILES string of the molecule is CCCCCCCCC=CCCCCCCCCCCCC(=O)OCCCCCCCCCCCCCCCCC(C)CC. The second-order valence-electron chi connectivity index (χ2n) is 14.2. The van der Waals surface area contributed by atoms with Gasteiger partial charge in [-0.1, -0.05) is 206 Å². The van der Waals surface area contributed by atoms with E-state index in [-0.39, 0.29) is 5.97 Å². The number of hydrogen-bond acceptors (Lipinski definition) is 2. The van der Waals surface area contributed by atoms with E-state index in [1.807, 2.05) is 0 Å². The van der Waals surface area contributed by atoms with Gasteiger partial charge in [-0.15, -0.1) is 0 Å². The van der Waals surface area contributed by atoms with Gasteiger partial charge in [0.2, 0.25) is 0 Å². The first-order valence-electron chi connectivity index (χ1n) is 20.5. The van der Waals surface area contributed by atoms with Crippen LogP contribution in [0.4, 0.5) is 0 Å². The lowest BCUT2D eigenvalue weighted by molar-refractivity contribution is -0.143. The molecule has 1 atom stereocenters. The van der Waals surface area contributed by atoms with Gasteiger partial charge in [0.05, 0.1) is 6.61 Å². The van der Waals surface area contributed by atoms with Crippen LogP contribution in [-0.2, 0) is 9.53 Å². The molecule has 0 saturated heterocycles. The molecule has 0 radical (unpaired) electrons. The molecule has 262 valence electrons. The summed E-state index contributed by atoms with van der Waals surface area (Å²) in [5, 5.41) is 0. The summed E-state index contributed by atoms with van der Waals surface area (Å²) in [6.45, 7) is 7.62. The third-order valence-electron chi connectivity index (χ3n) is 9.69. The zero-order chi connectivity index (χ0) is 32.0. The number of unbranched alkanes of at least 4 members (excludes halogenated alkanes) is 28. The molecule has 0 aromatic rings. The minimum Gasteiger partial charge on any atom is -0.466 e. The fourth-order valence-electron chi connectivity index (χ4n) is 6.23. The fraction of sp³-hybridized carbons (Fsp3) is 0.929. The summed E-state index contributed by atoms with van der Waals surface area (Å²) in [6.07, 6.45) is 50.0. The molecule has 44 heavy (non-hydrogen) atoms. The van der Waals surface area contributed by atoms with E-state index >= 15 is 0 Å². The van der Waals surface area contributed by atoms with Crippen molar-refractivity contribution in [3.8, 4) is 0 Å². The number of rotatable bonds is 37. The van der Waals surface area contributed by atoms with Crippen LogP contribution in [0.3, 0.4) is 0 Å². The van der Waals surface area contributed by atoms with E-state index in [1.54, 1.807) is 0 Å². The summed E-state index contributed by atoms with van der Waals surface area (Å²) in [5.41, 5.74) is 0. The summed E-state index contributed by atoms with van der Waals surface area (Å²) >= 11 is 0. The number of allylic oxidation sites excluding steroid dienone is 2. The first-order chi connectivity index (χ1) is 21.7. The Hall–Kier alpha value is -0.790. The molecule has 0 fully saturated rings. The summed E-state index contributed by atoms with van der Waals surface area (Å²) in [6, 6.07) is 0. The van der Waals surface area contributed by atoms with Crippen molar-refractivity contribution in [3.05, 3.63) is 12.2 Å². The Morgan fingerprint density at radius 1 is 0.477 bits per heavy atom. The summed E-state index contributed by atoms with van der Waals surface area (Å²) in [7, 11) is 0. The Morgan fingerprint density at radius 2 is 0.841 bits per heavy atom. The zero-order valence-electron chi connectivity index (χ0n) is 30.8. The van der Waals surface area contributed by atoms with Gasteiger partial charge in [-0.25, -0.2) is 0 Å². The van der Waals surface area contributed by atoms with E-state index in [9.17, 15) is 4.79 Å². The Labute approximate surface area is 278 Å². The number of carbonyl (C=O) groups excluding carboxylic acids is 1. The van der Waals surface area contributed by atoms with Crippen molar-refractivity contribution in [2.75, 3.05) is 6.61 Å². The molecular formula is C42H82O2. The molecular weight excluding hydrogens is 536 g/mol. The average molecular weight is 619 g/mol. The molecule has 0 saturated carbocycles. The van der Waals surface area contributed by atoms with Gasteiger partial charge in [0.1, 0.15) is 0 Å². The lowest BCUT2D eigenvalue weighted by Crippen LogP contribution is -2.05. The van der Waals surface area contributed by atoms with Crippen LogP contribution in [0.25, 0.3) is 0 Å². The second kappa shape index (κ2) is 38.4.